The highest BCUT2D eigenvalue weighted by molar-refractivity contribution is 5.36. The Bertz CT molecular complexity index is 375. The highest BCUT2D eigenvalue weighted by Gasteiger charge is 2.25. The molecule has 2 N–H and O–H groups in total. The Balaban J connectivity index is 2.10. The molecule has 1 saturated heterocycles. The number of nitrogens with two attached hydrogens (primary N) is 1. The Labute approximate surface area is 109 Å². The van der Waals surface area contributed by atoms with E-state index in [0.717, 1.165) is 44.1 Å². The van der Waals surface area contributed by atoms with Crippen molar-refractivity contribution in [2.75, 3.05) is 18.9 Å². The molecule has 4 nitrogen and oxygen atoms in total. The normalized spacial score (nSPS) is 19.1. The molecule has 2 rings (SSSR count). The third-order valence-corrected chi connectivity index (χ3v) is 3.84. The summed E-state index contributed by atoms with van der Waals surface area (Å²) in [7, 11) is 0. The van der Waals surface area contributed by atoms with Crippen molar-refractivity contribution < 1.29 is 4.74 Å². The number of ether oxygens (including phenoxy) is 1. The van der Waals surface area contributed by atoms with E-state index in [1.165, 1.54) is 0 Å². The van der Waals surface area contributed by atoms with E-state index in [1.807, 2.05) is 0 Å². The van der Waals surface area contributed by atoms with Crippen LogP contribution in [0.2, 0.25) is 0 Å². The molecule has 0 saturated carbocycles. The maximum atomic E-state index is 5.97. The number of anilines is 1. The Hall–Kier alpha value is -1.16. The summed E-state index contributed by atoms with van der Waals surface area (Å²) in [6, 6.07) is 0. The first-order chi connectivity index (χ1) is 8.68. The highest BCUT2D eigenvalue weighted by Crippen LogP contribution is 2.35. The summed E-state index contributed by atoms with van der Waals surface area (Å²) in [5.41, 5.74) is 6.94. The smallest absolute Gasteiger partial charge is 0.145 e. The predicted octanol–water partition coefficient (Wildman–Crippen LogP) is 2.62. The number of aromatic nitrogens is 2. The van der Waals surface area contributed by atoms with Gasteiger partial charge in [-0.3, -0.25) is 4.98 Å². The minimum absolute atomic E-state index is 0.404. The van der Waals surface area contributed by atoms with Crippen LogP contribution in [0.3, 0.4) is 0 Å². The molecule has 0 aromatic carbocycles. The van der Waals surface area contributed by atoms with Gasteiger partial charge in [-0.15, -0.1) is 0 Å². The fraction of sp³-hybridized carbons (Fsp3) is 0.714. The van der Waals surface area contributed by atoms with Crippen LogP contribution in [-0.4, -0.2) is 23.2 Å². The Kier molecular flexibility index (Phi) is 4.53. The van der Waals surface area contributed by atoms with Gasteiger partial charge < -0.3 is 10.5 Å². The minimum Gasteiger partial charge on any atom is -0.382 e. The SMILES string of the molecule is CC(C)[C@H](CC1CCOCC1)c1nccnc1N. The number of rotatable bonds is 4. The molecule has 1 fully saturated rings. The molecule has 100 valence electrons. The Morgan fingerprint density at radius 3 is 2.56 bits per heavy atom. The molecular weight excluding hydrogens is 226 g/mol. The van der Waals surface area contributed by atoms with E-state index < -0.39 is 0 Å². The average Bonchev–Trinajstić information content (AvgIpc) is 2.38. The molecule has 1 aromatic heterocycles. The summed E-state index contributed by atoms with van der Waals surface area (Å²) in [5.74, 6) is 2.25. The quantitative estimate of drug-likeness (QED) is 0.891. The Morgan fingerprint density at radius 2 is 1.94 bits per heavy atom. The lowest BCUT2D eigenvalue weighted by Crippen LogP contribution is -2.21. The summed E-state index contributed by atoms with van der Waals surface area (Å²) in [5, 5.41) is 0. The second-order valence-electron chi connectivity index (χ2n) is 5.47. The first kappa shape index (κ1) is 13.3. The lowest BCUT2D eigenvalue weighted by Gasteiger charge is -2.28. The number of nitrogen functional groups attached to an aromatic ring is 1. The van der Waals surface area contributed by atoms with E-state index in [1.54, 1.807) is 12.4 Å². The molecular formula is C14H23N3O. The molecule has 2 heterocycles. The van der Waals surface area contributed by atoms with Crippen molar-refractivity contribution in [2.24, 2.45) is 11.8 Å². The molecule has 0 aliphatic carbocycles. The summed E-state index contributed by atoms with van der Waals surface area (Å²) >= 11 is 0. The zero-order valence-electron chi connectivity index (χ0n) is 11.3. The van der Waals surface area contributed by atoms with Crippen LogP contribution < -0.4 is 5.73 Å². The molecule has 18 heavy (non-hydrogen) atoms. The molecule has 0 spiro atoms. The summed E-state index contributed by atoms with van der Waals surface area (Å²) < 4.78 is 5.42. The van der Waals surface area contributed by atoms with E-state index in [4.69, 9.17) is 10.5 Å². The van der Waals surface area contributed by atoms with Crippen LogP contribution in [0.1, 0.15) is 44.7 Å². The van der Waals surface area contributed by atoms with Crippen molar-refractivity contribution in [1.82, 2.24) is 9.97 Å². The van der Waals surface area contributed by atoms with Crippen LogP contribution in [0.15, 0.2) is 12.4 Å². The molecule has 0 unspecified atom stereocenters. The van der Waals surface area contributed by atoms with Gasteiger partial charge in [-0.25, -0.2) is 4.98 Å². The van der Waals surface area contributed by atoms with Crippen molar-refractivity contribution in [3.8, 4) is 0 Å². The number of hydrogen-bond donors (Lipinski definition) is 1. The zero-order chi connectivity index (χ0) is 13.0. The highest BCUT2D eigenvalue weighted by atomic mass is 16.5. The van der Waals surface area contributed by atoms with Gasteiger partial charge in [0.1, 0.15) is 5.82 Å². The fourth-order valence-electron chi connectivity index (χ4n) is 2.69. The van der Waals surface area contributed by atoms with Gasteiger partial charge in [-0.1, -0.05) is 13.8 Å². The van der Waals surface area contributed by atoms with Crippen molar-refractivity contribution in [3.05, 3.63) is 18.1 Å². The standard InChI is InChI=1S/C14H23N3O/c1-10(2)12(9-11-3-7-18-8-4-11)13-14(15)17-6-5-16-13/h5-6,10-12H,3-4,7-9H2,1-2H3,(H2,15,17)/t12-/m0/s1. The minimum atomic E-state index is 0.404. The summed E-state index contributed by atoms with van der Waals surface area (Å²) in [4.78, 5) is 8.61. The van der Waals surface area contributed by atoms with Gasteiger partial charge in [0.05, 0.1) is 5.69 Å². The average molecular weight is 249 g/mol. The van der Waals surface area contributed by atoms with Crippen molar-refractivity contribution in [2.45, 2.75) is 39.0 Å². The van der Waals surface area contributed by atoms with Gasteiger partial charge in [0.15, 0.2) is 0 Å². The molecule has 1 aliphatic rings. The van der Waals surface area contributed by atoms with Crippen molar-refractivity contribution >= 4 is 5.82 Å². The van der Waals surface area contributed by atoms with Crippen LogP contribution >= 0.6 is 0 Å². The van der Waals surface area contributed by atoms with E-state index >= 15 is 0 Å². The lowest BCUT2D eigenvalue weighted by molar-refractivity contribution is 0.0599. The van der Waals surface area contributed by atoms with Gasteiger partial charge in [0.2, 0.25) is 0 Å². The van der Waals surface area contributed by atoms with Gasteiger partial charge >= 0.3 is 0 Å². The van der Waals surface area contributed by atoms with Crippen LogP contribution in [0.25, 0.3) is 0 Å². The fourth-order valence-corrected chi connectivity index (χ4v) is 2.69. The first-order valence-electron chi connectivity index (χ1n) is 6.82. The largest absolute Gasteiger partial charge is 0.382 e. The topological polar surface area (TPSA) is 61.0 Å². The molecule has 0 radical (unpaired) electrons. The second kappa shape index (κ2) is 6.14. The van der Waals surface area contributed by atoms with Gasteiger partial charge in [0.25, 0.3) is 0 Å². The van der Waals surface area contributed by atoms with Crippen LogP contribution in [-0.2, 0) is 4.74 Å². The molecule has 1 atom stereocenters. The molecule has 0 amide bonds. The van der Waals surface area contributed by atoms with Crippen molar-refractivity contribution in [1.29, 1.82) is 0 Å². The van der Waals surface area contributed by atoms with E-state index in [9.17, 15) is 0 Å². The van der Waals surface area contributed by atoms with E-state index in [2.05, 4.69) is 23.8 Å². The third-order valence-electron chi connectivity index (χ3n) is 3.84. The monoisotopic (exact) mass is 249 g/mol. The van der Waals surface area contributed by atoms with E-state index in [-0.39, 0.29) is 0 Å². The zero-order valence-corrected chi connectivity index (χ0v) is 11.3. The molecule has 0 bridgehead atoms. The first-order valence-corrected chi connectivity index (χ1v) is 6.82. The van der Waals surface area contributed by atoms with Gasteiger partial charge in [-0.2, -0.15) is 0 Å². The maximum absolute atomic E-state index is 5.97. The lowest BCUT2D eigenvalue weighted by atomic mass is 9.81. The van der Waals surface area contributed by atoms with Crippen LogP contribution in [0, 0.1) is 11.8 Å². The second-order valence-corrected chi connectivity index (χ2v) is 5.47. The third kappa shape index (κ3) is 3.19. The van der Waals surface area contributed by atoms with Gasteiger partial charge in [0, 0.05) is 31.5 Å². The summed E-state index contributed by atoms with van der Waals surface area (Å²) in [6.45, 7) is 6.26. The Morgan fingerprint density at radius 1 is 1.28 bits per heavy atom. The molecule has 1 aromatic rings. The number of nitrogens with zero attached hydrogens (tertiary/aromatic N) is 2. The summed E-state index contributed by atoms with van der Waals surface area (Å²) in [6.07, 6.45) is 6.85. The van der Waals surface area contributed by atoms with Crippen LogP contribution in [0.5, 0.6) is 0 Å². The van der Waals surface area contributed by atoms with Crippen molar-refractivity contribution in [3.63, 3.8) is 0 Å². The molecule has 4 heteroatoms. The van der Waals surface area contributed by atoms with Crippen LogP contribution in [0.4, 0.5) is 5.82 Å². The maximum Gasteiger partial charge on any atom is 0.145 e. The molecule has 1 aliphatic heterocycles. The predicted molar refractivity (Wildman–Crippen MR) is 72.2 cm³/mol. The number of hydrogen-bond acceptors (Lipinski definition) is 4. The van der Waals surface area contributed by atoms with E-state index in [0.29, 0.717) is 17.7 Å². The van der Waals surface area contributed by atoms with Gasteiger partial charge in [-0.05, 0) is 31.1 Å².